The van der Waals surface area contributed by atoms with Crippen molar-refractivity contribution in [2.75, 3.05) is 6.54 Å². The second kappa shape index (κ2) is 6.46. The fourth-order valence-corrected chi connectivity index (χ4v) is 1.48. The molecule has 1 N–H and O–H groups in total. The number of hydrogen-bond acceptors (Lipinski definition) is 3. The normalized spacial score (nSPS) is 11.6. The van der Waals surface area contributed by atoms with Gasteiger partial charge >= 0.3 is 11.9 Å². The zero-order valence-electron chi connectivity index (χ0n) is 9.84. The Labute approximate surface area is 106 Å². The Kier molecular flexibility index (Phi) is 5.22. The number of nitro groups is 1. The first kappa shape index (κ1) is 15.4. The van der Waals surface area contributed by atoms with E-state index in [1.807, 2.05) is 0 Å². The molecule has 0 aliphatic heterocycles. The largest absolute Gasteiger partial charge is 0.389 e. The third-order valence-corrected chi connectivity index (χ3v) is 2.38. The molecule has 0 amide bonds. The summed E-state index contributed by atoms with van der Waals surface area (Å²) < 4.78 is 49.1. The molecule has 1 rings (SSSR count). The van der Waals surface area contributed by atoms with Crippen molar-refractivity contribution in [1.82, 2.24) is 5.32 Å². The molecule has 0 aromatic heterocycles. The van der Waals surface area contributed by atoms with E-state index in [-0.39, 0.29) is 25.1 Å². The highest BCUT2D eigenvalue weighted by Crippen LogP contribution is 2.21. The van der Waals surface area contributed by atoms with Crippen molar-refractivity contribution in [3.63, 3.8) is 0 Å². The van der Waals surface area contributed by atoms with Gasteiger partial charge in [0.05, 0.1) is 4.92 Å². The van der Waals surface area contributed by atoms with E-state index in [2.05, 4.69) is 5.32 Å². The Bertz CT molecular complexity index is 449. The van der Waals surface area contributed by atoms with E-state index >= 15 is 0 Å². The molecule has 0 atom stereocenters. The van der Waals surface area contributed by atoms with Gasteiger partial charge in [0.15, 0.2) is 0 Å². The zero-order chi connectivity index (χ0) is 14.5. The van der Waals surface area contributed by atoms with E-state index in [9.17, 15) is 27.7 Å². The molecule has 0 aliphatic rings. The van der Waals surface area contributed by atoms with E-state index in [0.29, 0.717) is 0 Å². The number of nitro benzene ring substituents is 1. The highest BCUT2D eigenvalue weighted by atomic mass is 19.4. The molecule has 0 saturated heterocycles. The summed E-state index contributed by atoms with van der Waals surface area (Å²) in [6.07, 6.45) is -5.25. The lowest BCUT2D eigenvalue weighted by molar-refractivity contribution is -0.387. The first-order chi connectivity index (χ1) is 8.81. The van der Waals surface area contributed by atoms with Crippen LogP contribution in [-0.4, -0.2) is 17.6 Å². The lowest BCUT2D eigenvalue weighted by Gasteiger charge is -2.08. The van der Waals surface area contributed by atoms with Crippen molar-refractivity contribution < 1.29 is 22.5 Å². The van der Waals surface area contributed by atoms with Crippen LogP contribution in [-0.2, 0) is 6.54 Å². The topological polar surface area (TPSA) is 55.2 Å². The van der Waals surface area contributed by atoms with Crippen molar-refractivity contribution in [2.24, 2.45) is 0 Å². The van der Waals surface area contributed by atoms with Crippen LogP contribution in [0.25, 0.3) is 0 Å². The Balaban J connectivity index is 2.46. The number of nitrogens with zero attached hydrogens (tertiary/aromatic N) is 1. The Morgan fingerprint density at radius 2 is 2.00 bits per heavy atom. The van der Waals surface area contributed by atoms with Crippen LogP contribution < -0.4 is 5.32 Å². The number of alkyl halides is 3. The molecule has 19 heavy (non-hydrogen) atoms. The predicted molar refractivity (Wildman–Crippen MR) is 60.1 cm³/mol. The lowest BCUT2D eigenvalue weighted by atomic mass is 10.2. The third kappa shape index (κ3) is 5.21. The van der Waals surface area contributed by atoms with Crippen LogP contribution >= 0.6 is 0 Å². The van der Waals surface area contributed by atoms with Gasteiger partial charge in [-0.2, -0.15) is 17.6 Å². The van der Waals surface area contributed by atoms with Crippen LogP contribution in [0.2, 0.25) is 0 Å². The van der Waals surface area contributed by atoms with Gasteiger partial charge in [-0.1, -0.05) is 12.1 Å². The highest BCUT2D eigenvalue weighted by molar-refractivity contribution is 5.36. The molecule has 106 valence electrons. The molecule has 4 nitrogen and oxygen atoms in total. The molecular weight excluding hydrogens is 268 g/mol. The van der Waals surface area contributed by atoms with Gasteiger partial charge in [-0.05, 0) is 13.0 Å². The van der Waals surface area contributed by atoms with E-state index in [0.717, 1.165) is 6.07 Å². The van der Waals surface area contributed by atoms with Crippen molar-refractivity contribution in [3.05, 3.63) is 39.7 Å². The summed E-state index contributed by atoms with van der Waals surface area (Å²) in [5, 5.41) is 13.1. The zero-order valence-corrected chi connectivity index (χ0v) is 9.84. The second-order valence-corrected chi connectivity index (χ2v) is 3.90. The molecule has 1 aromatic rings. The maximum absolute atomic E-state index is 13.6. The molecule has 0 heterocycles. The summed E-state index contributed by atoms with van der Waals surface area (Å²) in [6, 6.07) is 3.70. The maximum atomic E-state index is 13.6. The maximum Gasteiger partial charge on any atom is 0.389 e. The van der Waals surface area contributed by atoms with E-state index in [1.165, 1.54) is 12.1 Å². The van der Waals surface area contributed by atoms with Gasteiger partial charge in [-0.25, -0.2) is 0 Å². The molecule has 0 bridgehead atoms. The summed E-state index contributed by atoms with van der Waals surface area (Å²) in [6.45, 7) is 0.00696. The van der Waals surface area contributed by atoms with Gasteiger partial charge in [0, 0.05) is 24.6 Å². The van der Waals surface area contributed by atoms with Gasteiger partial charge in [0.2, 0.25) is 5.82 Å². The monoisotopic (exact) mass is 280 g/mol. The molecule has 0 saturated carbocycles. The van der Waals surface area contributed by atoms with Crippen LogP contribution in [0.3, 0.4) is 0 Å². The standard InChI is InChI=1S/C11H12F4N2O2/c12-10-8(3-1-4-9(10)17(18)19)7-16-6-2-5-11(13,14)15/h1,3-4,16H,2,5-7H2. The van der Waals surface area contributed by atoms with E-state index in [4.69, 9.17) is 0 Å². The first-order valence-corrected chi connectivity index (χ1v) is 5.50. The van der Waals surface area contributed by atoms with Crippen molar-refractivity contribution in [3.8, 4) is 0 Å². The fourth-order valence-electron chi connectivity index (χ4n) is 1.48. The minimum atomic E-state index is -4.21. The van der Waals surface area contributed by atoms with Gasteiger partial charge in [0.25, 0.3) is 0 Å². The van der Waals surface area contributed by atoms with Crippen molar-refractivity contribution in [1.29, 1.82) is 0 Å². The average Bonchev–Trinajstić information content (AvgIpc) is 2.28. The van der Waals surface area contributed by atoms with E-state index in [1.54, 1.807) is 0 Å². The number of hydrogen-bond donors (Lipinski definition) is 1. The van der Waals surface area contributed by atoms with Gasteiger partial charge in [0.1, 0.15) is 0 Å². The van der Waals surface area contributed by atoms with E-state index < -0.39 is 29.0 Å². The first-order valence-electron chi connectivity index (χ1n) is 5.50. The molecule has 0 radical (unpaired) electrons. The summed E-state index contributed by atoms with van der Waals surface area (Å²) in [4.78, 5) is 9.64. The minimum absolute atomic E-state index is 0.0502. The summed E-state index contributed by atoms with van der Waals surface area (Å²) in [7, 11) is 0. The number of nitrogens with one attached hydrogen (secondary N) is 1. The SMILES string of the molecule is O=[N+]([O-])c1cccc(CNCCCC(F)(F)F)c1F. The molecule has 0 fully saturated rings. The Morgan fingerprint density at radius 1 is 1.32 bits per heavy atom. The summed E-state index contributed by atoms with van der Waals surface area (Å²) in [5.41, 5.74) is -0.587. The van der Waals surface area contributed by atoms with Gasteiger partial charge in [-0.15, -0.1) is 0 Å². The van der Waals surface area contributed by atoms with Crippen molar-refractivity contribution in [2.45, 2.75) is 25.6 Å². The molecule has 1 aromatic carbocycles. The molecule has 0 unspecified atom stereocenters. The van der Waals surface area contributed by atoms with Crippen LogP contribution in [0.5, 0.6) is 0 Å². The average molecular weight is 280 g/mol. The van der Waals surface area contributed by atoms with Crippen LogP contribution in [0.4, 0.5) is 23.2 Å². The summed E-state index contributed by atoms with van der Waals surface area (Å²) >= 11 is 0. The minimum Gasteiger partial charge on any atom is -0.313 e. The molecule has 0 aliphatic carbocycles. The second-order valence-electron chi connectivity index (χ2n) is 3.90. The fraction of sp³-hybridized carbons (Fsp3) is 0.455. The van der Waals surface area contributed by atoms with Gasteiger partial charge in [-0.3, -0.25) is 10.1 Å². The smallest absolute Gasteiger partial charge is 0.313 e. The Morgan fingerprint density at radius 3 is 2.58 bits per heavy atom. The number of halogens is 4. The highest BCUT2D eigenvalue weighted by Gasteiger charge is 2.25. The predicted octanol–water partition coefficient (Wildman–Crippen LogP) is 3.17. The number of rotatable bonds is 6. The van der Waals surface area contributed by atoms with Crippen molar-refractivity contribution >= 4 is 5.69 Å². The number of benzene rings is 1. The van der Waals surface area contributed by atoms with Crippen LogP contribution in [0.1, 0.15) is 18.4 Å². The Hall–Kier alpha value is -1.70. The summed E-state index contributed by atoms with van der Waals surface area (Å²) in [5.74, 6) is -0.962. The molecular formula is C11H12F4N2O2. The quantitative estimate of drug-likeness (QED) is 0.377. The molecule has 0 spiro atoms. The van der Waals surface area contributed by atoms with Crippen LogP contribution in [0.15, 0.2) is 18.2 Å². The molecule has 8 heteroatoms. The third-order valence-electron chi connectivity index (χ3n) is 2.38. The van der Waals surface area contributed by atoms with Crippen LogP contribution in [0, 0.1) is 15.9 Å². The lowest BCUT2D eigenvalue weighted by Crippen LogP contribution is -2.18. The van der Waals surface area contributed by atoms with Gasteiger partial charge < -0.3 is 5.32 Å².